The van der Waals surface area contributed by atoms with Crippen molar-refractivity contribution in [1.82, 2.24) is 9.78 Å². The molecule has 0 aromatic carbocycles. The Bertz CT molecular complexity index is 227. The van der Waals surface area contributed by atoms with Crippen LogP contribution in [-0.2, 0) is 0 Å². The van der Waals surface area contributed by atoms with Gasteiger partial charge in [-0.2, -0.15) is 5.10 Å². The largest absolute Gasteiger partial charge is 0.505 e. The Labute approximate surface area is 59.3 Å². The fraction of sp³-hybridized carbons (Fsp3) is 0.571. The summed E-state index contributed by atoms with van der Waals surface area (Å²) in [4.78, 5) is 0. The molecule has 1 N–H and O–H groups in total. The van der Waals surface area contributed by atoms with Crippen molar-refractivity contribution in [3.63, 3.8) is 0 Å². The molecule has 1 aliphatic rings. The monoisotopic (exact) mass is 138 g/mol. The molecule has 0 spiro atoms. The van der Waals surface area contributed by atoms with Crippen molar-refractivity contribution in [1.29, 1.82) is 0 Å². The van der Waals surface area contributed by atoms with Crippen molar-refractivity contribution in [2.75, 3.05) is 0 Å². The summed E-state index contributed by atoms with van der Waals surface area (Å²) in [6.45, 7) is 0. The van der Waals surface area contributed by atoms with E-state index in [-0.39, 0.29) is 5.75 Å². The van der Waals surface area contributed by atoms with Crippen LogP contribution in [0.5, 0.6) is 5.75 Å². The van der Waals surface area contributed by atoms with Gasteiger partial charge in [-0.05, 0) is 19.3 Å². The molecule has 1 fully saturated rings. The van der Waals surface area contributed by atoms with Gasteiger partial charge < -0.3 is 5.11 Å². The summed E-state index contributed by atoms with van der Waals surface area (Å²) in [5.41, 5.74) is 0. The first-order valence-corrected chi connectivity index (χ1v) is 3.59. The molecule has 0 unspecified atom stereocenters. The van der Waals surface area contributed by atoms with Gasteiger partial charge in [0.2, 0.25) is 0 Å². The fourth-order valence-corrected chi connectivity index (χ4v) is 1.18. The summed E-state index contributed by atoms with van der Waals surface area (Å²) in [5.74, 6) is 0.270. The van der Waals surface area contributed by atoms with Crippen LogP contribution in [0.25, 0.3) is 0 Å². The van der Waals surface area contributed by atoms with E-state index in [4.69, 9.17) is 5.11 Å². The van der Waals surface area contributed by atoms with Gasteiger partial charge >= 0.3 is 0 Å². The Kier molecular flexibility index (Phi) is 1.16. The maximum absolute atomic E-state index is 8.94. The van der Waals surface area contributed by atoms with Gasteiger partial charge in [-0.15, -0.1) is 0 Å². The Balaban J connectivity index is 2.17. The average Bonchev–Trinajstić information content (AvgIpc) is 2.10. The average molecular weight is 138 g/mol. The van der Waals surface area contributed by atoms with Gasteiger partial charge in [0.05, 0.1) is 18.4 Å². The van der Waals surface area contributed by atoms with Gasteiger partial charge in [0.25, 0.3) is 0 Å². The van der Waals surface area contributed by atoms with Crippen molar-refractivity contribution >= 4 is 0 Å². The molecule has 0 amide bonds. The van der Waals surface area contributed by atoms with Crippen LogP contribution in [0.2, 0.25) is 0 Å². The third-order valence-corrected chi connectivity index (χ3v) is 2.04. The molecule has 1 saturated carbocycles. The van der Waals surface area contributed by atoms with Crippen molar-refractivity contribution in [3.05, 3.63) is 12.4 Å². The second-order valence-corrected chi connectivity index (χ2v) is 2.76. The Morgan fingerprint density at radius 3 is 2.80 bits per heavy atom. The highest BCUT2D eigenvalue weighted by Crippen LogP contribution is 2.31. The molecule has 0 saturated heterocycles. The van der Waals surface area contributed by atoms with E-state index >= 15 is 0 Å². The van der Waals surface area contributed by atoms with Gasteiger partial charge in [-0.3, -0.25) is 4.68 Å². The molecule has 2 rings (SSSR count). The third-order valence-electron chi connectivity index (χ3n) is 2.04. The van der Waals surface area contributed by atoms with E-state index in [1.807, 2.05) is 4.68 Å². The molecule has 0 radical (unpaired) electrons. The summed E-state index contributed by atoms with van der Waals surface area (Å²) in [6, 6.07) is 0.556. The number of aromatic nitrogens is 2. The Morgan fingerprint density at radius 2 is 2.40 bits per heavy atom. The molecule has 3 heteroatoms. The van der Waals surface area contributed by atoms with E-state index in [2.05, 4.69) is 5.10 Å². The van der Waals surface area contributed by atoms with E-state index in [1.165, 1.54) is 25.5 Å². The SMILES string of the molecule is Oc1cnn(C2CCC2)c1. The molecule has 10 heavy (non-hydrogen) atoms. The minimum Gasteiger partial charge on any atom is -0.505 e. The van der Waals surface area contributed by atoms with E-state index in [0.717, 1.165) is 0 Å². The second-order valence-electron chi connectivity index (χ2n) is 2.76. The first-order valence-electron chi connectivity index (χ1n) is 3.59. The lowest BCUT2D eigenvalue weighted by molar-refractivity contribution is 0.288. The minimum absolute atomic E-state index is 0.270. The van der Waals surface area contributed by atoms with Crippen molar-refractivity contribution in [3.8, 4) is 5.75 Å². The standard InChI is InChI=1S/C7H10N2O/c10-7-4-8-9(5-7)6-2-1-3-6/h4-6,10H,1-3H2. The van der Waals surface area contributed by atoms with Crippen molar-refractivity contribution < 1.29 is 5.11 Å². The first-order chi connectivity index (χ1) is 4.86. The predicted molar refractivity (Wildman–Crippen MR) is 36.8 cm³/mol. The van der Waals surface area contributed by atoms with Gasteiger partial charge in [-0.1, -0.05) is 0 Å². The number of aromatic hydroxyl groups is 1. The van der Waals surface area contributed by atoms with Crippen LogP contribution < -0.4 is 0 Å². The molecular weight excluding hydrogens is 128 g/mol. The number of hydrogen-bond acceptors (Lipinski definition) is 2. The van der Waals surface area contributed by atoms with E-state index < -0.39 is 0 Å². The van der Waals surface area contributed by atoms with E-state index in [0.29, 0.717) is 6.04 Å². The highest BCUT2D eigenvalue weighted by Gasteiger charge is 2.19. The summed E-state index contributed by atoms with van der Waals surface area (Å²) in [7, 11) is 0. The second kappa shape index (κ2) is 2.01. The quantitative estimate of drug-likeness (QED) is 0.635. The normalized spacial score (nSPS) is 18.8. The van der Waals surface area contributed by atoms with Crippen LogP contribution in [0.4, 0.5) is 0 Å². The molecule has 54 valence electrons. The molecule has 1 aliphatic carbocycles. The van der Waals surface area contributed by atoms with Gasteiger partial charge in [0.1, 0.15) is 0 Å². The number of nitrogens with zero attached hydrogens (tertiary/aromatic N) is 2. The van der Waals surface area contributed by atoms with Crippen LogP contribution >= 0.6 is 0 Å². The van der Waals surface area contributed by atoms with E-state index in [1.54, 1.807) is 6.20 Å². The lowest BCUT2D eigenvalue weighted by Crippen LogP contribution is -2.16. The summed E-state index contributed by atoms with van der Waals surface area (Å²) >= 11 is 0. The Hall–Kier alpha value is -0.990. The van der Waals surface area contributed by atoms with Crippen molar-refractivity contribution in [2.45, 2.75) is 25.3 Å². The molecule has 1 aromatic rings. The number of hydrogen-bond donors (Lipinski definition) is 1. The zero-order valence-corrected chi connectivity index (χ0v) is 5.70. The van der Waals surface area contributed by atoms with E-state index in [9.17, 15) is 0 Å². The molecule has 1 heterocycles. The minimum atomic E-state index is 0.270. The van der Waals surface area contributed by atoms with Gasteiger partial charge in [0.15, 0.2) is 5.75 Å². The maximum Gasteiger partial charge on any atom is 0.153 e. The third kappa shape index (κ3) is 0.781. The van der Waals surface area contributed by atoms with Gasteiger partial charge in [-0.25, -0.2) is 0 Å². The molecule has 3 nitrogen and oxygen atoms in total. The molecule has 1 aromatic heterocycles. The smallest absolute Gasteiger partial charge is 0.153 e. The lowest BCUT2D eigenvalue weighted by atomic mass is 9.93. The Morgan fingerprint density at radius 1 is 1.60 bits per heavy atom. The van der Waals surface area contributed by atoms with Crippen LogP contribution in [0.3, 0.4) is 0 Å². The zero-order chi connectivity index (χ0) is 6.97. The van der Waals surface area contributed by atoms with Crippen LogP contribution in [-0.4, -0.2) is 14.9 Å². The first kappa shape index (κ1) is 5.77. The van der Waals surface area contributed by atoms with Crippen LogP contribution in [0.15, 0.2) is 12.4 Å². The van der Waals surface area contributed by atoms with Crippen LogP contribution in [0.1, 0.15) is 25.3 Å². The number of rotatable bonds is 1. The van der Waals surface area contributed by atoms with Gasteiger partial charge in [0, 0.05) is 0 Å². The topological polar surface area (TPSA) is 38.1 Å². The summed E-state index contributed by atoms with van der Waals surface area (Å²) in [6.07, 6.45) is 6.88. The lowest BCUT2D eigenvalue weighted by Gasteiger charge is -2.25. The summed E-state index contributed by atoms with van der Waals surface area (Å²) in [5, 5.41) is 12.9. The molecule has 0 bridgehead atoms. The molecule has 0 aliphatic heterocycles. The maximum atomic E-state index is 8.94. The molecule has 0 atom stereocenters. The zero-order valence-electron chi connectivity index (χ0n) is 5.70. The molecular formula is C7H10N2O. The highest BCUT2D eigenvalue weighted by molar-refractivity contribution is 5.09. The van der Waals surface area contributed by atoms with Crippen LogP contribution in [0, 0.1) is 0 Å². The van der Waals surface area contributed by atoms with Crippen molar-refractivity contribution in [2.24, 2.45) is 0 Å². The fourth-order valence-electron chi connectivity index (χ4n) is 1.18. The summed E-state index contributed by atoms with van der Waals surface area (Å²) < 4.78 is 1.85. The predicted octanol–water partition coefficient (Wildman–Crippen LogP) is 1.31. The highest BCUT2D eigenvalue weighted by atomic mass is 16.3.